The molecule has 0 aromatic rings. The van der Waals surface area contributed by atoms with Crippen LogP contribution >= 0.6 is 0 Å². The van der Waals surface area contributed by atoms with Gasteiger partial charge in [0.05, 0.1) is 0 Å². The zero-order chi connectivity index (χ0) is 18.3. The number of nitrogens with one attached hydrogen (secondary N) is 1. The number of aliphatic hydroxyl groups is 1. The number of nitrogens with zero attached hydrogens (tertiary/aromatic N) is 1. The van der Waals surface area contributed by atoms with Crippen LogP contribution in [0.1, 0.15) is 98.3 Å². The minimum atomic E-state index is -0.335. The normalized spacial score (nSPS) is 11.7. The molecule has 0 saturated carbocycles. The van der Waals surface area contributed by atoms with E-state index in [1.54, 1.807) is 5.01 Å². The van der Waals surface area contributed by atoms with Gasteiger partial charge in [-0.05, 0) is 19.3 Å². The van der Waals surface area contributed by atoms with Crippen LogP contribution in [-0.2, 0) is 4.79 Å². The van der Waals surface area contributed by atoms with Crippen LogP contribution in [0.4, 0.5) is 0 Å². The van der Waals surface area contributed by atoms with Crippen LogP contribution in [0.25, 0.3) is 0 Å². The van der Waals surface area contributed by atoms with E-state index in [1.807, 2.05) is 0 Å². The minimum Gasteiger partial charge on any atom is -0.396 e. The summed E-state index contributed by atoms with van der Waals surface area (Å²) in [5.74, 6) is 0.160. The molecule has 4 nitrogen and oxygen atoms in total. The van der Waals surface area contributed by atoms with Crippen LogP contribution < -0.4 is 5.43 Å². The molecule has 0 rings (SSSR count). The second-order valence-electron chi connectivity index (χ2n) is 7.55. The predicted octanol–water partition coefficient (Wildman–Crippen LogP) is 4.67. The van der Waals surface area contributed by atoms with Gasteiger partial charge in [-0.2, -0.15) is 0 Å². The zero-order valence-corrected chi connectivity index (χ0v) is 16.7. The Balaban J connectivity index is 4.12. The highest BCUT2D eigenvalue weighted by molar-refractivity contribution is 5.81. The molecule has 0 fully saturated rings. The molecule has 144 valence electrons. The van der Waals surface area contributed by atoms with Gasteiger partial charge in [-0.15, -0.1) is 0 Å². The summed E-state index contributed by atoms with van der Waals surface area (Å²) >= 11 is 0. The number of carbonyl (C=O) groups excluding carboxylic acids is 1. The van der Waals surface area contributed by atoms with Gasteiger partial charge >= 0.3 is 0 Å². The number of hydrogen-bond acceptors (Lipinski definition) is 3. The Hall–Kier alpha value is -0.610. The topological polar surface area (TPSA) is 52.6 Å². The molecule has 0 spiro atoms. The van der Waals surface area contributed by atoms with Crippen LogP contribution in [0.5, 0.6) is 0 Å². The maximum Gasteiger partial charge on any atom is 0.242 e. The van der Waals surface area contributed by atoms with Crippen molar-refractivity contribution in [2.24, 2.45) is 5.41 Å². The van der Waals surface area contributed by atoms with Crippen molar-refractivity contribution in [3.05, 3.63) is 0 Å². The number of carbonyl (C=O) groups is 1. The number of hydrogen-bond donors (Lipinski definition) is 2. The van der Waals surface area contributed by atoms with Gasteiger partial charge in [0.1, 0.15) is 0 Å². The Morgan fingerprint density at radius 2 is 1.50 bits per heavy atom. The summed E-state index contributed by atoms with van der Waals surface area (Å²) in [6.45, 7) is 9.94. The standard InChI is InChI=1S/C20H42N2O2/c1-5-7-8-9-10-11-12-13-15-20(3,4)19(24)22(17-14-18-23)21-16-6-2/h21,23H,5-18H2,1-4H3. The fraction of sp³-hybridized carbons (Fsp3) is 0.950. The number of aliphatic hydroxyl groups excluding tert-OH is 1. The van der Waals surface area contributed by atoms with Crippen LogP contribution in [-0.4, -0.2) is 35.7 Å². The summed E-state index contributed by atoms with van der Waals surface area (Å²) in [6.07, 6.45) is 12.9. The molecule has 0 bridgehead atoms. The number of amides is 1. The van der Waals surface area contributed by atoms with E-state index in [-0.39, 0.29) is 17.9 Å². The highest BCUT2D eigenvalue weighted by Crippen LogP contribution is 2.26. The van der Waals surface area contributed by atoms with Gasteiger partial charge < -0.3 is 5.11 Å². The van der Waals surface area contributed by atoms with E-state index in [9.17, 15) is 4.79 Å². The molecule has 4 heteroatoms. The lowest BCUT2D eigenvalue weighted by Crippen LogP contribution is -2.49. The number of unbranched alkanes of at least 4 members (excludes halogenated alkanes) is 7. The van der Waals surface area contributed by atoms with Crippen molar-refractivity contribution in [3.63, 3.8) is 0 Å². The number of rotatable bonds is 16. The average molecular weight is 343 g/mol. The van der Waals surface area contributed by atoms with Crippen molar-refractivity contribution in [1.82, 2.24) is 10.4 Å². The molecule has 1 amide bonds. The largest absolute Gasteiger partial charge is 0.396 e. The van der Waals surface area contributed by atoms with Crippen molar-refractivity contribution in [1.29, 1.82) is 0 Å². The fourth-order valence-corrected chi connectivity index (χ4v) is 2.90. The molecule has 0 aliphatic rings. The summed E-state index contributed by atoms with van der Waals surface area (Å²) in [6, 6.07) is 0. The first-order chi connectivity index (χ1) is 11.5. The van der Waals surface area contributed by atoms with E-state index < -0.39 is 0 Å². The predicted molar refractivity (Wildman–Crippen MR) is 103 cm³/mol. The lowest BCUT2D eigenvalue weighted by atomic mass is 9.85. The first-order valence-corrected chi connectivity index (χ1v) is 10.2. The highest BCUT2D eigenvalue weighted by Gasteiger charge is 2.31. The summed E-state index contributed by atoms with van der Waals surface area (Å²) in [5.41, 5.74) is 2.88. The lowest BCUT2D eigenvalue weighted by molar-refractivity contribution is -0.144. The van der Waals surface area contributed by atoms with Crippen LogP contribution in [0.15, 0.2) is 0 Å². The van der Waals surface area contributed by atoms with Gasteiger partial charge in [0.25, 0.3) is 0 Å². The minimum absolute atomic E-state index is 0.121. The summed E-state index contributed by atoms with van der Waals surface area (Å²) in [4.78, 5) is 12.8. The van der Waals surface area contributed by atoms with E-state index in [4.69, 9.17) is 5.11 Å². The van der Waals surface area contributed by atoms with Crippen molar-refractivity contribution >= 4 is 5.91 Å². The first kappa shape index (κ1) is 23.4. The van der Waals surface area contributed by atoms with Crippen LogP contribution in [0.2, 0.25) is 0 Å². The molecule has 24 heavy (non-hydrogen) atoms. The van der Waals surface area contributed by atoms with E-state index in [0.717, 1.165) is 25.8 Å². The third kappa shape index (κ3) is 11.0. The molecular formula is C20H42N2O2. The molecule has 0 aromatic carbocycles. The van der Waals surface area contributed by atoms with E-state index >= 15 is 0 Å². The van der Waals surface area contributed by atoms with E-state index in [1.165, 1.54) is 44.9 Å². The third-order valence-corrected chi connectivity index (χ3v) is 4.57. The highest BCUT2D eigenvalue weighted by atomic mass is 16.3. The summed E-state index contributed by atoms with van der Waals surface area (Å²) in [7, 11) is 0. The molecule has 0 aliphatic heterocycles. The van der Waals surface area contributed by atoms with Crippen molar-refractivity contribution < 1.29 is 9.90 Å². The molecule has 0 atom stereocenters. The first-order valence-electron chi connectivity index (χ1n) is 10.2. The SMILES string of the molecule is CCCCCCCCCCC(C)(C)C(=O)N(CCCO)NCCC. The Bertz CT molecular complexity index is 298. The second-order valence-corrected chi connectivity index (χ2v) is 7.55. The third-order valence-electron chi connectivity index (χ3n) is 4.57. The maximum atomic E-state index is 12.8. The van der Waals surface area contributed by atoms with Gasteiger partial charge in [0, 0.05) is 25.1 Å². The Labute approximate surface area is 150 Å². The Morgan fingerprint density at radius 1 is 0.917 bits per heavy atom. The van der Waals surface area contributed by atoms with Crippen molar-refractivity contribution in [2.75, 3.05) is 19.7 Å². The average Bonchev–Trinajstić information content (AvgIpc) is 2.57. The molecular weight excluding hydrogens is 300 g/mol. The monoisotopic (exact) mass is 342 g/mol. The zero-order valence-electron chi connectivity index (χ0n) is 16.7. The fourth-order valence-electron chi connectivity index (χ4n) is 2.90. The number of hydrazine groups is 1. The summed E-state index contributed by atoms with van der Waals surface area (Å²) < 4.78 is 0. The van der Waals surface area contributed by atoms with Crippen molar-refractivity contribution in [2.45, 2.75) is 98.3 Å². The quantitative estimate of drug-likeness (QED) is 0.316. The lowest BCUT2D eigenvalue weighted by Gasteiger charge is -2.32. The maximum absolute atomic E-state index is 12.8. The van der Waals surface area contributed by atoms with Gasteiger partial charge in [0.2, 0.25) is 5.91 Å². The van der Waals surface area contributed by atoms with Gasteiger partial charge in [-0.3, -0.25) is 9.80 Å². The molecule has 0 unspecified atom stereocenters. The Kier molecular flexibility index (Phi) is 14.3. The van der Waals surface area contributed by atoms with Crippen LogP contribution in [0, 0.1) is 5.41 Å². The molecule has 0 aromatic heterocycles. The van der Waals surface area contributed by atoms with Gasteiger partial charge in [-0.1, -0.05) is 79.1 Å². The molecule has 2 N–H and O–H groups in total. The second kappa shape index (κ2) is 14.7. The van der Waals surface area contributed by atoms with Gasteiger partial charge in [-0.25, -0.2) is 5.43 Å². The summed E-state index contributed by atoms with van der Waals surface area (Å²) in [5, 5.41) is 10.8. The molecule has 0 heterocycles. The smallest absolute Gasteiger partial charge is 0.242 e. The van der Waals surface area contributed by atoms with E-state index in [0.29, 0.717) is 13.0 Å². The molecule has 0 aliphatic carbocycles. The van der Waals surface area contributed by atoms with E-state index in [2.05, 4.69) is 33.1 Å². The van der Waals surface area contributed by atoms with Crippen LogP contribution in [0.3, 0.4) is 0 Å². The van der Waals surface area contributed by atoms with Gasteiger partial charge in [0.15, 0.2) is 0 Å². The van der Waals surface area contributed by atoms with Crippen molar-refractivity contribution in [3.8, 4) is 0 Å². The Morgan fingerprint density at radius 3 is 2.04 bits per heavy atom. The molecule has 0 radical (unpaired) electrons. The molecule has 0 saturated heterocycles.